The first-order chi connectivity index (χ1) is 16.8. The molecule has 0 radical (unpaired) electrons. The van der Waals surface area contributed by atoms with Crippen molar-refractivity contribution < 1.29 is 17.9 Å². The lowest BCUT2D eigenvalue weighted by Gasteiger charge is -2.22. The highest BCUT2D eigenvalue weighted by molar-refractivity contribution is 7.92. The Kier molecular flexibility index (Phi) is 9.28. The zero-order valence-corrected chi connectivity index (χ0v) is 21.2. The monoisotopic (exact) mass is 513 g/mol. The number of amides is 1. The Hall–Kier alpha value is -3.36. The van der Waals surface area contributed by atoms with Gasteiger partial charge in [0.15, 0.2) is 0 Å². The number of nitrogens with one attached hydrogen (secondary N) is 1. The Morgan fingerprint density at radius 3 is 2.29 bits per heavy atom. The summed E-state index contributed by atoms with van der Waals surface area (Å²) in [5, 5.41) is 4.58. The van der Waals surface area contributed by atoms with Crippen LogP contribution in [0.3, 0.4) is 0 Å². The van der Waals surface area contributed by atoms with E-state index in [-0.39, 0.29) is 6.54 Å². The fourth-order valence-corrected chi connectivity index (χ4v) is 4.16. The molecular weight excluding hydrogens is 486 g/mol. The largest absolute Gasteiger partial charge is 0.494 e. The maximum absolute atomic E-state index is 12.4. The van der Waals surface area contributed by atoms with Crippen LogP contribution >= 0.6 is 11.6 Å². The minimum Gasteiger partial charge on any atom is -0.494 e. The molecule has 0 spiro atoms. The number of halogens is 1. The van der Waals surface area contributed by atoms with Crippen LogP contribution in [0.15, 0.2) is 77.9 Å². The van der Waals surface area contributed by atoms with Crippen LogP contribution in [0.1, 0.15) is 41.3 Å². The summed E-state index contributed by atoms with van der Waals surface area (Å²) in [7, 11) is -3.55. The van der Waals surface area contributed by atoms with Crippen LogP contribution in [-0.4, -0.2) is 33.4 Å². The van der Waals surface area contributed by atoms with Crippen molar-refractivity contribution in [2.75, 3.05) is 17.2 Å². The summed E-state index contributed by atoms with van der Waals surface area (Å²) in [6.07, 6.45) is 4.76. The van der Waals surface area contributed by atoms with E-state index in [1.54, 1.807) is 54.7 Å². The van der Waals surface area contributed by atoms with Gasteiger partial charge in [-0.05, 0) is 78.2 Å². The molecule has 7 nitrogen and oxygen atoms in total. The summed E-state index contributed by atoms with van der Waals surface area (Å²) in [6.45, 7) is 2.94. The van der Waals surface area contributed by atoms with Crippen LogP contribution in [0.25, 0.3) is 0 Å². The van der Waals surface area contributed by atoms with E-state index in [2.05, 4.69) is 17.5 Å². The predicted molar refractivity (Wildman–Crippen MR) is 141 cm³/mol. The molecule has 0 aliphatic heterocycles. The number of rotatable bonds is 11. The minimum absolute atomic E-state index is 0.147. The number of carbonyl (C=O) groups is 1. The van der Waals surface area contributed by atoms with E-state index in [4.69, 9.17) is 16.3 Å². The molecule has 0 aromatic heterocycles. The van der Waals surface area contributed by atoms with Gasteiger partial charge in [-0.3, -0.25) is 9.10 Å². The van der Waals surface area contributed by atoms with E-state index in [0.717, 1.165) is 36.0 Å². The lowest BCUT2D eigenvalue weighted by atomic mass is 10.2. The highest BCUT2D eigenvalue weighted by atomic mass is 35.5. The van der Waals surface area contributed by atoms with Gasteiger partial charge in [0.1, 0.15) is 5.75 Å². The number of carbonyl (C=O) groups excluding carboxylic acids is 1. The van der Waals surface area contributed by atoms with E-state index in [1.165, 1.54) is 4.31 Å². The Morgan fingerprint density at radius 1 is 1.03 bits per heavy atom. The second-order valence-electron chi connectivity index (χ2n) is 7.91. The Bertz CT molecular complexity index is 1240. The number of hydrazone groups is 1. The van der Waals surface area contributed by atoms with E-state index in [9.17, 15) is 13.2 Å². The number of ether oxygens (including phenoxy) is 1. The van der Waals surface area contributed by atoms with Gasteiger partial charge < -0.3 is 4.74 Å². The zero-order valence-electron chi connectivity index (χ0n) is 19.6. The minimum atomic E-state index is -3.55. The molecule has 1 amide bonds. The van der Waals surface area contributed by atoms with Crippen LogP contribution < -0.4 is 14.5 Å². The highest BCUT2D eigenvalue weighted by Gasteiger charge is 2.18. The van der Waals surface area contributed by atoms with Crippen molar-refractivity contribution >= 4 is 39.4 Å². The van der Waals surface area contributed by atoms with Crippen molar-refractivity contribution in [3.05, 3.63) is 94.5 Å². The molecule has 0 aliphatic carbocycles. The first-order valence-electron chi connectivity index (χ1n) is 11.1. The third kappa shape index (κ3) is 8.12. The normalized spacial score (nSPS) is 11.4. The lowest BCUT2D eigenvalue weighted by Crippen LogP contribution is -2.29. The first kappa shape index (κ1) is 26.2. The molecule has 184 valence electrons. The second-order valence-corrected chi connectivity index (χ2v) is 10.3. The number of anilines is 1. The van der Waals surface area contributed by atoms with Gasteiger partial charge in [0.2, 0.25) is 10.0 Å². The highest BCUT2D eigenvalue weighted by Crippen LogP contribution is 2.22. The van der Waals surface area contributed by atoms with Gasteiger partial charge in [0.25, 0.3) is 5.91 Å². The third-order valence-electron chi connectivity index (χ3n) is 5.08. The molecule has 0 saturated heterocycles. The van der Waals surface area contributed by atoms with Gasteiger partial charge >= 0.3 is 0 Å². The first-order valence-corrected chi connectivity index (χ1v) is 13.4. The van der Waals surface area contributed by atoms with Gasteiger partial charge in [-0.1, -0.05) is 37.1 Å². The summed E-state index contributed by atoms with van der Waals surface area (Å²) in [6, 6.07) is 20.7. The van der Waals surface area contributed by atoms with Crippen molar-refractivity contribution in [2.45, 2.75) is 26.3 Å². The fourth-order valence-electron chi connectivity index (χ4n) is 3.15. The van der Waals surface area contributed by atoms with Crippen molar-refractivity contribution in [2.24, 2.45) is 5.10 Å². The molecule has 3 aromatic carbocycles. The number of sulfonamides is 1. The average Bonchev–Trinajstić information content (AvgIpc) is 2.84. The van der Waals surface area contributed by atoms with Gasteiger partial charge in [0, 0.05) is 10.6 Å². The Labute approximate surface area is 211 Å². The molecule has 0 atom stereocenters. The topological polar surface area (TPSA) is 88.1 Å². The van der Waals surface area contributed by atoms with Crippen LogP contribution in [0, 0.1) is 0 Å². The SMILES string of the molecule is CCCCOc1ccc(/C=N\NC(=O)c2ccc(N(Cc3ccc(Cl)cc3)S(C)(=O)=O)cc2)cc1. The zero-order chi connectivity index (χ0) is 25.3. The van der Waals surface area contributed by atoms with Crippen molar-refractivity contribution in [3.63, 3.8) is 0 Å². The van der Waals surface area contributed by atoms with Gasteiger partial charge in [-0.2, -0.15) is 5.10 Å². The smallest absolute Gasteiger partial charge is 0.271 e. The van der Waals surface area contributed by atoms with E-state index >= 15 is 0 Å². The van der Waals surface area contributed by atoms with Gasteiger partial charge in [0.05, 0.1) is 31.3 Å². The molecule has 1 N–H and O–H groups in total. The third-order valence-corrected chi connectivity index (χ3v) is 6.48. The molecule has 0 saturated carbocycles. The molecule has 0 unspecified atom stereocenters. The summed E-state index contributed by atoms with van der Waals surface area (Å²) in [5.41, 5.74) is 4.89. The molecule has 0 aliphatic rings. The van der Waals surface area contributed by atoms with Crippen LogP contribution in [0.2, 0.25) is 5.02 Å². The Morgan fingerprint density at radius 2 is 1.69 bits per heavy atom. The molecule has 0 bridgehead atoms. The standard InChI is InChI=1S/C26H28ClN3O4S/c1-3-4-17-34-25-15-7-20(8-16-25)18-28-29-26(31)22-9-13-24(14-10-22)30(35(2,32)33)19-21-5-11-23(27)12-6-21/h5-16,18H,3-4,17,19H2,1-2H3,(H,29,31)/b28-18-. The van der Waals surface area contributed by atoms with Crippen LogP contribution in [-0.2, 0) is 16.6 Å². The van der Waals surface area contributed by atoms with E-state index in [1.807, 2.05) is 24.3 Å². The van der Waals surface area contributed by atoms with Crippen molar-refractivity contribution in [1.29, 1.82) is 0 Å². The van der Waals surface area contributed by atoms with E-state index < -0.39 is 15.9 Å². The van der Waals surface area contributed by atoms with Crippen molar-refractivity contribution in [1.82, 2.24) is 5.43 Å². The molecule has 3 aromatic rings. The second kappa shape index (κ2) is 12.4. The number of benzene rings is 3. The molecule has 0 heterocycles. The molecule has 3 rings (SSSR count). The fraction of sp³-hybridized carbons (Fsp3) is 0.231. The predicted octanol–water partition coefficient (Wildman–Crippen LogP) is 5.25. The maximum atomic E-state index is 12.4. The molecular formula is C26H28ClN3O4S. The average molecular weight is 514 g/mol. The molecule has 0 fully saturated rings. The molecule has 9 heteroatoms. The number of unbranched alkanes of at least 4 members (excludes halogenated alkanes) is 1. The van der Waals surface area contributed by atoms with Gasteiger partial charge in [-0.15, -0.1) is 0 Å². The van der Waals surface area contributed by atoms with Crippen LogP contribution in [0.4, 0.5) is 5.69 Å². The summed E-state index contributed by atoms with van der Waals surface area (Å²) in [4.78, 5) is 12.4. The number of nitrogens with zero attached hydrogens (tertiary/aromatic N) is 2. The molecule has 35 heavy (non-hydrogen) atoms. The van der Waals surface area contributed by atoms with Crippen molar-refractivity contribution in [3.8, 4) is 5.75 Å². The lowest BCUT2D eigenvalue weighted by molar-refractivity contribution is 0.0955. The summed E-state index contributed by atoms with van der Waals surface area (Å²) in [5.74, 6) is 0.384. The summed E-state index contributed by atoms with van der Waals surface area (Å²) >= 11 is 5.92. The quantitative estimate of drug-likeness (QED) is 0.215. The van der Waals surface area contributed by atoms with Crippen LogP contribution in [0.5, 0.6) is 5.75 Å². The number of hydrogen-bond acceptors (Lipinski definition) is 5. The van der Waals surface area contributed by atoms with E-state index in [0.29, 0.717) is 22.9 Å². The summed E-state index contributed by atoms with van der Waals surface area (Å²) < 4.78 is 31.7. The maximum Gasteiger partial charge on any atom is 0.271 e. The number of hydrogen-bond donors (Lipinski definition) is 1. The Balaban J connectivity index is 1.61. The van der Waals surface area contributed by atoms with Gasteiger partial charge in [-0.25, -0.2) is 13.8 Å².